The smallest absolute Gasteiger partial charge is 0.243 e. The highest BCUT2D eigenvalue weighted by Gasteiger charge is 2.17. The highest BCUT2D eigenvalue weighted by Crippen LogP contribution is 2.20. The molecule has 27 heavy (non-hydrogen) atoms. The van der Waals surface area contributed by atoms with Crippen molar-refractivity contribution in [2.75, 3.05) is 24.5 Å². The maximum Gasteiger partial charge on any atom is 0.243 e. The van der Waals surface area contributed by atoms with E-state index < -0.39 is 15.8 Å². The zero-order chi connectivity index (χ0) is 19.1. The van der Waals surface area contributed by atoms with Crippen molar-refractivity contribution in [1.29, 1.82) is 0 Å². The van der Waals surface area contributed by atoms with Crippen LogP contribution in [0, 0.1) is 5.82 Å². The molecule has 0 saturated carbocycles. The zero-order valence-electron chi connectivity index (χ0n) is 15.5. The van der Waals surface area contributed by atoms with E-state index in [0.29, 0.717) is 6.42 Å². The molecule has 0 amide bonds. The molecule has 1 aliphatic heterocycles. The maximum atomic E-state index is 13.7. The first-order valence-corrected chi connectivity index (χ1v) is 11.1. The van der Waals surface area contributed by atoms with Crippen LogP contribution in [0.5, 0.6) is 0 Å². The van der Waals surface area contributed by atoms with Crippen LogP contribution in [0.1, 0.15) is 37.7 Å². The lowest BCUT2D eigenvalue weighted by Gasteiger charge is -2.22. The van der Waals surface area contributed by atoms with Gasteiger partial charge in [-0.15, -0.1) is 0 Å². The third kappa shape index (κ3) is 5.53. The predicted molar refractivity (Wildman–Crippen MR) is 107 cm³/mol. The van der Waals surface area contributed by atoms with Gasteiger partial charge >= 0.3 is 0 Å². The van der Waals surface area contributed by atoms with Gasteiger partial charge in [-0.2, -0.15) is 0 Å². The molecule has 1 N–H and O–H groups in total. The molecule has 6 heteroatoms. The van der Waals surface area contributed by atoms with Crippen LogP contribution in [0.15, 0.2) is 53.4 Å². The van der Waals surface area contributed by atoms with Crippen molar-refractivity contribution >= 4 is 15.7 Å². The molecule has 0 atom stereocenters. The second-order valence-corrected chi connectivity index (χ2v) is 8.73. The van der Waals surface area contributed by atoms with Crippen molar-refractivity contribution in [3.05, 3.63) is 59.9 Å². The minimum Gasteiger partial charge on any atom is -0.372 e. The van der Waals surface area contributed by atoms with Gasteiger partial charge in [0.1, 0.15) is 10.7 Å². The third-order valence-electron chi connectivity index (χ3n) is 4.97. The molecule has 146 valence electrons. The molecule has 0 radical (unpaired) electrons. The Labute approximate surface area is 161 Å². The maximum absolute atomic E-state index is 13.7. The second-order valence-electron chi connectivity index (χ2n) is 7.00. The van der Waals surface area contributed by atoms with Crippen molar-refractivity contribution < 1.29 is 12.8 Å². The van der Waals surface area contributed by atoms with E-state index in [2.05, 4.69) is 33.9 Å². The summed E-state index contributed by atoms with van der Waals surface area (Å²) in [5.41, 5.74) is 2.44. The van der Waals surface area contributed by atoms with E-state index in [4.69, 9.17) is 0 Å². The van der Waals surface area contributed by atoms with Gasteiger partial charge in [0.2, 0.25) is 10.0 Å². The average Bonchev–Trinajstić information content (AvgIpc) is 2.95. The summed E-state index contributed by atoms with van der Waals surface area (Å²) in [6.45, 7) is 2.53. The van der Waals surface area contributed by atoms with Crippen molar-refractivity contribution in [3.8, 4) is 0 Å². The number of hydrogen-bond acceptors (Lipinski definition) is 3. The highest BCUT2D eigenvalue weighted by atomic mass is 32.2. The van der Waals surface area contributed by atoms with Gasteiger partial charge in [-0.3, -0.25) is 0 Å². The number of hydrogen-bond donors (Lipinski definition) is 1. The zero-order valence-corrected chi connectivity index (χ0v) is 16.3. The topological polar surface area (TPSA) is 49.4 Å². The number of nitrogens with zero attached hydrogens (tertiary/aromatic N) is 1. The summed E-state index contributed by atoms with van der Waals surface area (Å²) in [6.07, 6.45) is 6.58. The van der Waals surface area contributed by atoms with Crippen molar-refractivity contribution in [3.63, 3.8) is 0 Å². The van der Waals surface area contributed by atoms with Crippen LogP contribution in [0.4, 0.5) is 10.1 Å². The molecule has 1 aliphatic rings. The van der Waals surface area contributed by atoms with Gasteiger partial charge in [0, 0.05) is 25.3 Å². The van der Waals surface area contributed by atoms with E-state index >= 15 is 0 Å². The van der Waals surface area contributed by atoms with Crippen LogP contribution in [-0.4, -0.2) is 28.1 Å². The minimum atomic E-state index is -3.80. The number of halogens is 1. The van der Waals surface area contributed by atoms with Crippen LogP contribution >= 0.6 is 0 Å². The summed E-state index contributed by atoms with van der Waals surface area (Å²) in [7, 11) is -3.80. The van der Waals surface area contributed by atoms with Gasteiger partial charge < -0.3 is 4.90 Å². The molecule has 0 aliphatic carbocycles. The fourth-order valence-corrected chi connectivity index (χ4v) is 4.59. The Kier molecular flexibility index (Phi) is 6.85. The standard InChI is InChI=1S/C21H27FN2O2S/c22-20-9-3-4-10-21(20)27(25,26)23-15-7-8-18-11-13-19(14-12-18)24-16-5-1-2-6-17-24/h3-4,9-14,23H,1-2,5-8,15-17H2. The summed E-state index contributed by atoms with van der Waals surface area (Å²) in [5.74, 6) is -0.728. The van der Waals surface area contributed by atoms with E-state index in [9.17, 15) is 12.8 Å². The molecule has 4 nitrogen and oxygen atoms in total. The average molecular weight is 391 g/mol. The SMILES string of the molecule is O=S(=O)(NCCCc1ccc(N2CCCCCC2)cc1)c1ccccc1F. The summed E-state index contributed by atoms with van der Waals surface area (Å²) >= 11 is 0. The molecular weight excluding hydrogens is 363 g/mol. The number of anilines is 1. The number of sulfonamides is 1. The van der Waals surface area contributed by atoms with Gasteiger partial charge in [0.05, 0.1) is 0 Å². The summed E-state index contributed by atoms with van der Waals surface area (Å²) in [5, 5.41) is 0. The Balaban J connectivity index is 1.48. The molecule has 0 aromatic heterocycles. The first-order chi connectivity index (χ1) is 13.1. The fraction of sp³-hybridized carbons (Fsp3) is 0.429. The van der Waals surface area contributed by atoms with E-state index in [0.717, 1.165) is 25.6 Å². The minimum absolute atomic E-state index is 0.282. The summed E-state index contributed by atoms with van der Waals surface area (Å²) < 4.78 is 40.4. The quantitative estimate of drug-likeness (QED) is 0.724. The number of aryl methyl sites for hydroxylation is 1. The van der Waals surface area contributed by atoms with Gasteiger partial charge in [-0.25, -0.2) is 17.5 Å². The van der Waals surface area contributed by atoms with Crippen LogP contribution in [0.25, 0.3) is 0 Å². The van der Waals surface area contributed by atoms with Crippen LogP contribution in [0.3, 0.4) is 0 Å². The van der Waals surface area contributed by atoms with E-state index in [1.807, 2.05) is 0 Å². The predicted octanol–water partition coefficient (Wildman–Crippen LogP) is 4.12. The first-order valence-electron chi connectivity index (χ1n) is 9.64. The third-order valence-corrected chi connectivity index (χ3v) is 6.46. The van der Waals surface area contributed by atoms with E-state index in [-0.39, 0.29) is 11.4 Å². The molecule has 3 rings (SSSR count). The normalized spacial score (nSPS) is 15.5. The molecule has 1 heterocycles. The van der Waals surface area contributed by atoms with Gasteiger partial charge in [-0.1, -0.05) is 37.1 Å². The van der Waals surface area contributed by atoms with Crippen LogP contribution in [-0.2, 0) is 16.4 Å². The number of rotatable bonds is 7. The van der Waals surface area contributed by atoms with Crippen molar-refractivity contribution in [1.82, 2.24) is 4.72 Å². The van der Waals surface area contributed by atoms with Gasteiger partial charge in [0.25, 0.3) is 0 Å². The molecule has 1 saturated heterocycles. The van der Waals surface area contributed by atoms with Crippen LogP contribution in [0.2, 0.25) is 0 Å². The Bertz CT molecular complexity index is 830. The van der Waals surface area contributed by atoms with Gasteiger partial charge in [-0.05, 0) is 55.5 Å². The molecule has 0 bridgehead atoms. The molecule has 0 spiro atoms. The Morgan fingerprint density at radius 3 is 2.26 bits per heavy atom. The largest absolute Gasteiger partial charge is 0.372 e. The Morgan fingerprint density at radius 1 is 0.926 bits per heavy atom. The lowest BCUT2D eigenvalue weighted by Crippen LogP contribution is -2.26. The van der Waals surface area contributed by atoms with E-state index in [1.54, 1.807) is 0 Å². The first kappa shape index (κ1) is 19.8. The van der Waals surface area contributed by atoms with E-state index in [1.165, 1.54) is 55.1 Å². The monoisotopic (exact) mass is 390 g/mol. The molecule has 0 unspecified atom stereocenters. The fourth-order valence-electron chi connectivity index (χ4n) is 3.44. The Morgan fingerprint density at radius 2 is 1.59 bits per heavy atom. The molecule has 2 aromatic carbocycles. The molecular formula is C21H27FN2O2S. The van der Waals surface area contributed by atoms with Gasteiger partial charge in [0.15, 0.2) is 0 Å². The second kappa shape index (κ2) is 9.33. The van der Waals surface area contributed by atoms with Crippen molar-refractivity contribution in [2.45, 2.75) is 43.4 Å². The highest BCUT2D eigenvalue weighted by molar-refractivity contribution is 7.89. The number of benzene rings is 2. The lowest BCUT2D eigenvalue weighted by atomic mass is 10.1. The number of nitrogens with one attached hydrogen (secondary N) is 1. The lowest BCUT2D eigenvalue weighted by molar-refractivity contribution is 0.555. The Hall–Kier alpha value is -1.92. The molecule has 1 fully saturated rings. The van der Waals surface area contributed by atoms with Crippen LogP contribution < -0.4 is 9.62 Å². The summed E-state index contributed by atoms with van der Waals surface area (Å²) in [4.78, 5) is 2.14. The van der Waals surface area contributed by atoms with Crippen molar-refractivity contribution in [2.24, 2.45) is 0 Å². The summed E-state index contributed by atoms with van der Waals surface area (Å²) in [6, 6.07) is 14.0. The molecule has 2 aromatic rings.